The molecule has 2 aromatic carbocycles. The second kappa shape index (κ2) is 7.59. The summed E-state index contributed by atoms with van der Waals surface area (Å²) in [7, 11) is 0. The fraction of sp³-hybridized carbons (Fsp3) is 0.0526. The molecule has 0 amide bonds. The van der Waals surface area contributed by atoms with Crippen LogP contribution in [0.5, 0.6) is 5.88 Å². The topological polar surface area (TPSA) is 100 Å². The predicted molar refractivity (Wildman–Crippen MR) is 116 cm³/mol. The zero-order valence-electron chi connectivity index (χ0n) is 14.8. The Hall–Kier alpha value is -2.58. The highest BCUT2D eigenvalue weighted by molar-refractivity contribution is 6.39. The van der Waals surface area contributed by atoms with E-state index < -0.39 is 11.7 Å². The van der Waals surface area contributed by atoms with E-state index in [2.05, 4.69) is 4.98 Å². The van der Waals surface area contributed by atoms with E-state index in [1.54, 1.807) is 0 Å². The lowest BCUT2D eigenvalue weighted by molar-refractivity contribution is 0.0690. The lowest BCUT2D eigenvalue weighted by Crippen LogP contribution is -2.24. The van der Waals surface area contributed by atoms with Crippen LogP contribution in [-0.2, 0) is 6.54 Å². The Kier molecular flexibility index (Phi) is 5.23. The third kappa shape index (κ3) is 3.54. The Morgan fingerprint density at radius 3 is 2.27 bits per heavy atom. The second-order valence-electron chi connectivity index (χ2n) is 6.45. The Morgan fingerprint density at radius 1 is 1.00 bits per heavy atom. The molecule has 7 nitrogen and oxygen atoms in total. The molecule has 30 heavy (non-hydrogen) atoms. The molecule has 0 aliphatic heterocycles. The van der Waals surface area contributed by atoms with Crippen molar-refractivity contribution in [3.05, 3.63) is 78.4 Å². The van der Waals surface area contributed by atoms with Gasteiger partial charge in [-0.3, -0.25) is 4.57 Å². The minimum absolute atomic E-state index is 0.140. The number of nitrogens with one attached hydrogen (secondary N) is 1. The van der Waals surface area contributed by atoms with Gasteiger partial charge in [-0.05, 0) is 30.3 Å². The van der Waals surface area contributed by atoms with Crippen molar-refractivity contribution < 1.29 is 15.0 Å². The van der Waals surface area contributed by atoms with Gasteiger partial charge < -0.3 is 15.2 Å². The first-order valence-corrected chi connectivity index (χ1v) is 9.87. The summed E-state index contributed by atoms with van der Waals surface area (Å²) in [5.41, 5.74) is 0.178. The molecule has 0 bridgehead atoms. The number of hydrogen-bond donors (Lipinski definition) is 3. The van der Waals surface area contributed by atoms with Gasteiger partial charge in [-0.25, -0.2) is 14.2 Å². The number of carbonyl (C=O) groups is 1. The summed E-state index contributed by atoms with van der Waals surface area (Å²) in [6, 6.07) is 7.44. The maximum atomic E-state index is 13.0. The van der Waals surface area contributed by atoms with Crippen LogP contribution in [0.4, 0.5) is 0 Å². The first-order chi connectivity index (χ1) is 14.2. The smallest absolute Gasteiger partial charge is 0.352 e. The SMILES string of the molecule is O=C(O)c1[nH]c2cc(Cl)cc(Cl)c2c1Cn1cc(O)n(-c2cc(Cl)cc(Cl)c2)c1=O. The average molecular weight is 487 g/mol. The molecule has 0 saturated carbocycles. The standard InChI is InChI=1S/C19H11Cl4N3O4/c20-8-1-9(21)3-11(2-8)26-15(27)7-25(19(26)30)6-12-16-13(23)4-10(22)5-14(16)24-17(12)18(28)29/h1-5,7,24,27H,6H2,(H,28,29). The molecule has 0 saturated heterocycles. The number of benzene rings is 2. The van der Waals surface area contributed by atoms with Crippen molar-refractivity contribution in [2.24, 2.45) is 0 Å². The molecular formula is C19H11Cl4N3O4. The summed E-state index contributed by atoms with van der Waals surface area (Å²) in [5, 5.41) is 21.5. The number of aromatic nitrogens is 3. The largest absolute Gasteiger partial charge is 0.493 e. The summed E-state index contributed by atoms with van der Waals surface area (Å²) >= 11 is 24.3. The lowest BCUT2D eigenvalue weighted by Gasteiger charge is -2.06. The van der Waals surface area contributed by atoms with Gasteiger partial charge in [0.15, 0.2) is 0 Å². The maximum Gasteiger partial charge on any atom is 0.352 e. The van der Waals surface area contributed by atoms with Gasteiger partial charge in [0.1, 0.15) is 5.69 Å². The molecule has 2 aromatic heterocycles. The summed E-state index contributed by atoms with van der Waals surface area (Å²) in [6.45, 7) is -0.170. The van der Waals surface area contributed by atoms with Crippen LogP contribution in [0.2, 0.25) is 20.1 Å². The number of carboxylic acids is 1. The van der Waals surface area contributed by atoms with Crippen LogP contribution in [0, 0.1) is 0 Å². The van der Waals surface area contributed by atoms with E-state index in [1.807, 2.05) is 0 Å². The molecule has 4 aromatic rings. The number of H-pyrrole nitrogens is 1. The fourth-order valence-corrected chi connectivity index (χ4v) is 4.45. The van der Waals surface area contributed by atoms with Gasteiger partial charge in [0.2, 0.25) is 5.88 Å². The van der Waals surface area contributed by atoms with Crippen LogP contribution in [0.15, 0.2) is 41.3 Å². The summed E-state index contributed by atoms with van der Waals surface area (Å²) in [6.07, 6.45) is 1.19. The van der Waals surface area contributed by atoms with Crippen LogP contribution in [0.25, 0.3) is 16.6 Å². The highest BCUT2D eigenvalue weighted by Gasteiger charge is 2.22. The van der Waals surface area contributed by atoms with E-state index in [9.17, 15) is 19.8 Å². The van der Waals surface area contributed by atoms with Crippen LogP contribution in [0.3, 0.4) is 0 Å². The van der Waals surface area contributed by atoms with Crippen molar-refractivity contribution in [3.8, 4) is 11.6 Å². The number of hydrogen-bond acceptors (Lipinski definition) is 3. The number of imidazole rings is 1. The Labute approximate surface area is 188 Å². The first kappa shape index (κ1) is 20.7. The minimum atomic E-state index is -1.23. The van der Waals surface area contributed by atoms with E-state index in [-0.39, 0.29) is 44.4 Å². The molecule has 154 valence electrons. The average Bonchev–Trinajstić information content (AvgIpc) is 3.12. The molecule has 0 aliphatic rings. The monoisotopic (exact) mass is 485 g/mol. The van der Waals surface area contributed by atoms with Crippen LogP contribution in [0.1, 0.15) is 16.1 Å². The molecule has 3 N–H and O–H groups in total. The van der Waals surface area contributed by atoms with Gasteiger partial charge in [-0.1, -0.05) is 46.4 Å². The van der Waals surface area contributed by atoms with Gasteiger partial charge in [0.05, 0.1) is 23.5 Å². The normalized spacial score (nSPS) is 11.3. The molecule has 0 atom stereocenters. The van der Waals surface area contributed by atoms with Crippen molar-refractivity contribution in [3.63, 3.8) is 0 Å². The molecule has 4 rings (SSSR count). The number of fused-ring (bicyclic) bond motifs is 1. The zero-order valence-corrected chi connectivity index (χ0v) is 17.8. The van der Waals surface area contributed by atoms with Crippen molar-refractivity contribution in [2.75, 3.05) is 0 Å². The van der Waals surface area contributed by atoms with Crippen molar-refractivity contribution >= 4 is 63.3 Å². The number of aromatic amines is 1. The van der Waals surface area contributed by atoms with Crippen molar-refractivity contribution in [1.29, 1.82) is 0 Å². The van der Waals surface area contributed by atoms with Crippen LogP contribution < -0.4 is 5.69 Å². The third-order valence-corrected chi connectivity index (χ3v) is 5.46. The van der Waals surface area contributed by atoms with Gasteiger partial charge in [-0.15, -0.1) is 0 Å². The van der Waals surface area contributed by atoms with Gasteiger partial charge in [0.25, 0.3) is 0 Å². The van der Waals surface area contributed by atoms with Crippen molar-refractivity contribution in [1.82, 2.24) is 14.1 Å². The molecule has 0 unspecified atom stereocenters. The summed E-state index contributed by atoms with van der Waals surface area (Å²) in [4.78, 5) is 27.5. The number of carboxylic acid groups (broad SMARTS) is 1. The third-order valence-electron chi connectivity index (χ3n) is 4.50. The predicted octanol–water partition coefficient (Wildman–Crippen LogP) is 5.19. The molecule has 0 spiro atoms. The van der Waals surface area contributed by atoms with Gasteiger partial charge >= 0.3 is 11.7 Å². The molecular weight excluding hydrogens is 476 g/mol. The van der Waals surface area contributed by atoms with Crippen LogP contribution in [-0.4, -0.2) is 30.3 Å². The number of rotatable bonds is 4. The van der Waals surface area contributed by atoms with Gasteiger partial charge in [0, 0.05) is 31.5 Å². The molecule has 2 heterocycles. The Balaban J connectivity index is 1.89. The Morgan fingerprint density at radius 2 is 1.63 bits per heavy atom. The van der Waals surface area contributed by atoms with Crippen molar-refractivity contribution in [2.45, 2.75) is 6.54 Å². The van der Waals surface area contributed by atoms with E-state index in [4.69, 9.17) is 46.4 Å². The highest BCUT2D eigenvalue weighted by Crippen LogP contribution is 2.33. The summed E-state index contributed by atoms with van der Waals surface area (Å²) in [5.74, 6) is -1.60. The second-order valence-corrected chi connectivity index (χ2v) is 8.17. The van der Waals surface area contributed by atoms with E-state index in [0.29, 0.717) is 15.9 Å². The minimum Gasteiger partial charge on any atom is -0.493 e. The Bertz CT molecular complexity index is 1370. The molecule has 0 radical (unpaired) electrons. The molecule has 0 fully saturated rings. The van der Waals surface area contributed by atoms with Gasteiger partial charge in [-0.2, -0.15) is 0 Å². The molecule has 0 aliphatic carbocycles. The summed E-state index contributed by atoms with van der Waals surface area (Å²) < 4.78 is 2.16. The highest BCUT2D eigenvalue weighted by atomic mass is 35.5. The number of aromatic carboxylic acids is 1. The van der Waals surface area contributed by atoms with E-state index >= 15 is 0 Å². The van der Waals surface area contributed by atoms with E-state index in [1.165, 1.54) is 36.5 Å². The first-order valence-electron chi connectivity index (χ1n) is 8.36. The number of halogens is 4. The zero-order chi connectivity index (χ0) is 21.7. The fourth-order valence-electron chi connectivity index (χ4n) is 3.33. The van der Waals surface area contributed by atoms with Crippen LogP contribution >= 0.6 is 46.4 Å². The van der Waals surface area contributed by atoms with E-state index in [0.717, 1.165) is 9.13 Å². The lowest BCUT2D eigenvalue weighted by atomic mass is 10.1. The molecule has 11 heteroatoms. The number of aromatic hydroxyl groups is 1. The quantitative estimate of drug-likeness (QED) is 0.369. The number of nitrogens with zero attached hydrogens (tertiary/aromatic N) is 2. The maximum absolute atomic E-state index is 13.0.